The van der Waals surface area contributed by atoms with E-state index in [0.29, 0.717) is 23.7 Å². The number of nitrogens with one attached hydrogen (secondary N) is 1. The van der Waals surface area contributed by atoms with Crippen molar-refractivity contribution in [3.63, 3.8) is 0 Å². The number of benzene rings is 2. The number of amides is 2. The molecule has 0 bridgehead atoms. The molecule has 3 rings (SSSR count). The maximum atomic E-state index is 12.6. The lowest BCUT2D eigenvalue weighted by Gasteiger charge is -2.32. The van der Waals surface area contributed by atoms with E-state index in [1.54, 1.807) is 24.3 Å². The summed E-state index contributed by atoms with van der Waals surface area (Å²) in [6, 6.07) is 13.0. The zero-order valence-electron chi connectivity index (χ0n) is 18.7. The molecular weight excluding hydrogens is 412 g/mol. The summed E-state index contributed by atoms with van der Waals surface area (Å²) in [7, 11) is 0. The zero-order valence-corrected chi connectivity index (χ0v) is 19.5. The minimum atomic E-state index is -0.136. The van der Waals surface area contributed by atoms with E-state index in [-0.39, 0.29) is 29.9 Å². The molecular formula is C25H31ClN2O3. The number of rotatable bonds is 5. The summed E-state index contributed by atoms with van der Waals surface area (Å²) >= 11 is 5.90. The second-order valence-corrected chi connectivity index (χ2v) is 9.62. The molecule has 5 nitrogen and oxygen atoms in total. The average Bonchev–Trinajstić information content (AvgIpc) is 2.73. The van der Waals surface area contributed by atoms with Gasteiger partial charge >= 0.3 is 0 Å². The predicted octanol–water partition coefficient (Wildman–Crippen LogP) is 4.75. The van der Waals surface area contributed by atoms with Crippen LogP contribution < -0.4 is 10.1 Å². The van der Waals surface area contributed by atoms with Crippen molar-refractivity contribution in [2.75, 3.05) is 19.7 Å². The number of carbonyl (C=O) groups is 2. The number of hydrogen-bond donors (Lipinski definition) is 1. The number of hydrogen-bond acceptors (Lipinski definition) is 3. The lowest BCUT2D eigenvalue weighted by atomic mass is 9.85. The Morgan fingerprint density at radius 1 is 1.10 bits per heavy atom. The van der Waals surface area contributed by atoms with E-state index in [1.807, 2.05) is 17.0 Å². The van der Waals surface area contributed by atoms with Gasteiger partial charge in [-0.1, -0.05) is 50.1 Å². The number of carbonyl (C=O) groups excluding carboxylic acids is 2. The quantitative estimate of drug-likeness (QED) is 0.727. The molecule has 1 N–H and O–H groups in total. The molecule has 1 saturated heterocycles. The minimum Gasteiger partial charge on any atom is -0.483 e. The normalized spacial score (nSPS) is 14.9. The van der Waals surface area contributed by atoms with E-state index in [9.17, 15) is 9.59 Å². The zero-order chi connectivity index (χ0) is 22.6. The van der Waals surface area contributed by atoms with Crippen LogP contribution in [0, 0.1) is 6.92 Å². The standard InChI is InChI=1S/C25H31ClN2O3/c1-17-5-10-22(21(15-17)25(2,3)4)31-16-23(29)27-20-11-13-28(14-12-20)24(30)18-6-8-19(26)9-7-18/h5-10,15,20H,11-14,16H2,1-4H3,(H,27,29). The van der Waals surface area contributed by atoms with Gasteiger partial charge in [0.15, 0.2) is 6.61 Å². The van der Waals surface area contributed by atoms with Crippen molar-refractivity contribution in [1.29, 1.82) is 0 Å². The molecule has 0 atom stereocenters. The largest absolute Gasteiger partial charge is 0.483 e. The van der Waals surface area contributed by atoms with Gasteiger partial charge in [0.1, 0.15) is 5.75 Å². The van der Waals surface area contributed by atoms with E-state index in [2.05, 4.69) is 39.1 Å². The van der Waals surface area contributed by atoms with E-state index < -0.39 is 0 Å². The number of ether oxygens (including phenoxy) is 1. The third kappa shape index (κ3) is 6.23. The molecule has 0 aliphatic carbocycles. The van der Waals surface area contributed by atoms with Crippen molar-refractivity contribution in [2.24, 2.45) is 0 Å². The Labute approximate surface area is 189 Å². The van der Waals surface area contributed by atoms with Gasteiger partial charge < -0.3 is 15.0 Å². The molecule has 0 saturated carbocycles. The first-order valence-electron chi connectivity index (χ1n) is 10.7. The Kier molecular flexibility index (Phi) is 7.26. The van der Waals surface area contributed by atoms with E-state index in [0.717, 1.165) is 24.2 Å². The summed E-state index contributed by atoms with van der Waals surface area (Å²) in [5.41, 5.74) is 2.82. The Balaban J connectivity index is 1.49. The third-order valence-corrected chi connectivity index (χ3v) is 5.79. The van der Waals surface area contributed by atoms with Crippen LogP contribution in [0.15, 0.2) is 42.5 Å². The number of halogens is 1. The highest BCUT2D eigenvalue weighted by molar-refractivity contribution is 6.30. The van der Waals surface area contributed by atoms with Crippen molar-refractivity contribution in [3.8, 4) is 5.75 Å². The molecule has 2 aromatic carbocycles. The molecule has 1 aliphatic heterocycles. The first-order valence-corrected chi connectivity index (χ1v) is 11.1. The van der Waals surface area contributed by atoms with Crippen LogP contribution in [0.2, 0.25) is 5.02 Å². The summed E-state index contributed by atoms with van der Waals surface area (Å²) in [5, 5.41) is 3.66. The first-order chi connectivity index (χ1) is 14.6. The van der Waals surface area contributed by atoms with Gasteiger partial charge in [0, 0.05) is 29.7 Å². The smallest absolute Gasteiger partial charge is 0.258 e. The van der Waals surface area contributed by atoms with Crippen molar-refractivity contribution >= 4 is 23.4 Å². The van der Waals surface area contributed by atoms with Gasteiger partial charge in [0.2, 0.25) is 0 Å². The Hall–Kier alpha value is -2.53. The monoisotopic (exact) mass is 442 g/mol. The van der Waals surface area contributed by atoms with Crippen LogP contribution in [0.1, 0.15) is 55.1 Å². The van der Waals surface area contributed by atoms with Gasteiger partial charge in [-0.3, -0.25) is 9.59 Å². The topological polar surface area (TPSA) is 58.6 Å². The van der Waals surface area contributed by atoms with Gasteiger partial charge in [0.05, 0.1) is 0 Å². The highest BCUT2D eigenvalue weighted by Crippen LogP contribution is 2.32. The lowest BCUT2D eigenvalue weighted by molar-refractivity contribution is -0.124. The molecule has 31 heavy (non-hydrogen) atoms. The Bertz CT molecular complexity index is 927. The molecule has 0 aromatic heterocycles. The van der Waals surface area contributed by atoms with Gasteiger partial charge in [-0.25, -0.2) is 0 Å². The first kappa shape index (κ1) is 23.1. The Morgan fingerprint density at radius 3 is 2.35 bits per heavy atom. The molecule has 1 heterocycles. The maximum absolute atomic E-state index is 12.6. The third-order valence-electron chi connectivity index (χ3n) is 5.54. The second kappa shape index (κ2) is 9.73. The Morgan fingerprint density at radius 2 is 1.74 bits per heavy atom. The summed E-state index contributed by atoms with van der Waals surface area (Å²) in [6.07, 6.45) is 1.45. The highest BCUT2D eigenvalue weighted by Gasteiger charge is 2.25. The second-order valence-electron chi connectivity index (χ2n) is 9.18. The highest BCUT2D eigenvalue weighted by atomic mass is 35.5. The number of aryl methyl sites for hydroxylation is 1. The molecule has 0 spiro atoms. The maximum Gasteiger partial charge on any atom is 0.258 e. The lowest BCUT2D eigenvalue weighted by Crippen LogP contribution is -2.47. The SMILES string of the molecule is Cc1ccc(OCC(=O)NC2CCN(C(=O)c3ccc(Cl)cc3)CC2)c(C(C)(C)C)c1. The minimum absolute atomic E-state index is 0.00106. The van der Waals surface area contributed by atoms with Gasteiger partial charge in [0.25, 0.3) is 11.8 Å². The van der Waals surface area contributed by atoms with Crippen molar-refractivity contribution < 1.29 is 14.3 Å². The van der Waals surface area contributed by atoms with Crippen LogP contribution in [0.5, 0.6) is 5.75 Å². The number of piperidine rings is 1. The molecule has 1 aliphatic rings. The molecule has 1 fully saturated rings. The van der Waals surface area contributed by atoms with Crippen molar-refractivity contribution in [1.82, 2.24) is 10.2 Å². The van der Waals surface area contributed by atoms with Crippen LogP contribution >= 0.6 is 11.6 Å². The van der Waals surface area contributed by atoms with Crippen LogP contribution in [-0.2, 0) is 10.2 Å². The fourth-order valence-electron chi connectivity index (χ4n) is 3.77. The average molecular weight is 443 g/mol. The van der Waals surface area contributed by atoms with Crippen LogP contribution in [0.4, 0.5) is 0 Å². The fraction of sp³-hybridized carbons (Fsp3) is 0.440. The molecule has 166 valence electrons. The van der Waals surface area contributed by atoms with Crippen molar-refractivity contribution in [3.05, 3.63) is 64.2 Å². The molecule has 6 heteroatoms. The van der Waals surface area contributed by atoms with E-state index in [1.165, 1.54) is 5.56 Å². The van der Waals surface area contributed by atoms with Crippen molar-refractivity contribution in [2.45, 2.75) is 52.0 Å². The summed E-state index contributed by atoms with van der Waals surface area (Å²) < 4.78 is 5.86. The summed E-state index contributed by atoms with van der Waals surface area (Å²) in [6.45, 7) is 9.65. The van der Waals surface area contributed by atoms with Crippen LogP contribution in [0.25, 0.3) is 0 Å². The number of likely N-dealkylation sites (tertiary alicyclic amines) is 1. The van der Waals surface area contributed by atoms with Crippen LogP contribution in [0.3, 0.4) is 0 Å². The molecule has 2 aromatic rings. The number of nitrogens with zero attached hydrogens (tertiary/aromatic N) is 1. The molecule has 0 unspecified atom stereocenters. The van der Waals surface area contributed by atoms with Gasteiger partial charge in [-0.05, 0) is 61.1 Å². The van der Waals surface area contributed by atoms with E-state index >= 15 is 0 Å². The van der Waals surface area contributed by atoms with Gasteiger partial charge in [-0.15, -0.1) is 0 Å². The summed E-state index contributed by atoms with van der Waals surface area (Å²) in [4.78, 5) is 26.9. The molecule has 0 radical (unpaired) electrons. The van der Waals surface area contributed by atoms with Gasteiger partial charge in [-0.2, -0.15) is 0 Å². The predicted molar refractivity (Wildman–Crippen MR) is 124 cm³/mol. The summed E-state index contributed by atoms with van der Waals surface area (Å²) in [5.74, 6) is 0.610. The van der Waals surface area contributed by atoms with E-state index in [4.69, 9.17) is 16.3 Å². The van der Waals surface area contributed by atoms with Crippen LogP contribution in [-0.4, -0.2) is 42.5 Å². The fourth-order valence-corrected chi connectivity index (χ4v) is 3.90. The molecule has 2 amide bonds.